The van der Waals surface area contributed by atoms with Crippen LogP contribution in [0.1, 0.15) is 10.4 Å². The lowest BCUT2D eigenvalue weighted by atomic mass is 10.1. The normalized spacial score (nSPS) is 14.6. The van der Waals surface area contributed by atoms with Crippen molar-refractivity contribution >= 4 is 29.1 Å². The zero-order valence-electron chi connectivity index (χ0n) is 10.7. The fourth-order valence-corrected chi connectivity index (χ4v) is 1.91. The maximum Gasteiger partial charge on any atom is 0.282 e. The predicted molar refractivity (Wildman–Crippen MR) is 70.0 cm³/mol. The van der Waals surface area contributed by atoms with Crippen LogP contribution in [0, 0.1) is 10.1 Å². The van der Waals surface area contributed by atoms with Gasteiger partial charge in [0.25, 0.3) is 11.6 Å². The van der Waals surface area contributed by atoms with Gasteiger partial charge in [-0.25, -0.2) is 0 Å². The number of nitrogen functional groups attached to an aromatic ring is 1. The van der Waals surface area contributed by atoms with E-state index < -0.39 is 28.3 Å². The Hall–Kier alpha value is -3.01. The molecule has 10 nitrogen and oxygen atoms in total. The summed E-state index contributed by atoms with van der Waals surface area (Å²) >= 11 is 0. The molecule has 1 aromatic carbocycles. The standard InChI is InChI=1S/C11H11N5O5/c12-14-6-1-2-8(16(20)21)7(3-6)11(19)15-4-9(17)13-10(18)5-15/h1-3,14H,4-5,12H2,(H,13,17,18). The van der Waals surface area contributed by atoms with Crippen LogP contribution in [0.25, 0.3) is 0 Å². The van der Waals surface area contributed by atoms with Crippen LogP contribution in [-0.4, -0.2) is 40.6 Å². The van der Waals surface area contributed by atoms with Crippen LogP contribution in [0.15, 0.2) is 18.2 Å². The average molecular weight is 293 g/mol. The molecular weight excluding hydrogens is 282 g/mol. The molecule has 0 saturated carbocycles. The number of nitrogens with one attached hydrogen (secondary N) is 2. The number of hydrazine groups is 1. The second-order valence-corrected chi connectivity index (χ2v) is 4.27. The number of piperazine rings is 1. The molecule has 0 aliphatic carbocycles. The van der Waals surface area contributed by atoms with Crippen molar-refractivity contribution in [3.8, 4) is 0 Å². The third kappa shape index (κ3) is 2.95. The van der Waals surface area contributed by atoms with Crippen LogP contribution in [0.2, 0.25) is 0 Å². The first kappa shape index (κ1) is 14.4. The molecule has 10 heteroatoms. The number of rotatable bonds is 3. The summed E-state index contributed by atoms with van der Waals surface area (Å²) in [4.78, 5) is 46.0. The topological polar surface area (TPSA) is 148 Å². The molecule has 0 radical (unpaired) electrons. The number of hydrogen-bond donors (Lipinski definition) is 3. The van der Waals surface area contributed by atoms with Crippen molar-refractivity contribution in [3.05, 3.63) is 33.9 Å². The van der Waals surface area contributed by atoms with Crippen LogP contribution in [0.4, 0.5) is 11.4 Å². The smallest absolute Gasteiger partial charge is 0.282 e. The molecule has 0 spiro atoms. The highest BCUT2D eigenvalue weighted by molar-refractivity contribution is 6.07. The van der Waals surface area contributed by atoms with Crippen LogP contribution < -0.4 is 16.6 Å². The summed E-state index contributed by atoms with van der Waals surface area (Å²) in [5.41, 5.74) is 1.87. The maximum atomic E-state index is 12.3. The van der Waals surface area contributed by atoms with Gasteiger partial charge in [0.1, 0.15) is 18.7 Å². The first-order chi connectivity index (χ1) is 9.92. The van der Waals surface area contributed by atoms with E-state index in [4.69, 9.17) is 5.84 Å². The molecule has 110 valence electrons. The lowest BCUT2D eigenvalue weighted by molar-refractivity contribution is -0.385. The van der Waals surface area contributed by atoms with Crippen molar-refractivity contribution in [3.63, 3.8) is 0 Å². The van der Waals surface area contributed by atoms with Crippen molar-refractivity contribution in [2.45, 2.75) is 0 Å². The van der Waals surface area contributed by atoms with Crippen molar-refractivity contribution in [2.24, 2.45) is 5.84 Å². The fourth-order valence-electron chi connectivity index (χ4n) is 1.91. The van der Waals surface area contributed by atoms with Crippen LogP contribution >= 0.6 is 0 Å². The Bertz CT molecular complexity index is 628. The maximum absolute atomic E-state index is 12.3. The molecule has 1 fully saturated rings. The fraction of sp³-hybridized carbons (Fsp3) is 0.182. The third-order valence-electron chi connectivity index (χ3n) is 2.83. The number of anilines is 1. The second-order valence-electron chi connectivity index (χ2n) is 4.27. The molecule has 21 heavy (non-hydrogen) atoms. The Labute approximate surface area is 118 Å². The Kier molecular flexibility index (Phi) is 3.80. The zero-order valence-corrected chi connectivity index (χ0v) is 10.7. The number of carbonyl (C=O) groups excluding carboxylic acids is 3. The van der Waals surface area contributed by atoms with Gasteiger partial charge in [-0.05, 0) is 12.1 Å². The van der Waals surface area contributed by atoms with Gasteiger partial charge < -0.3 is 10.3 Å². The van der Waals surface area contributed by atoms with E-state index in [0.29, 0.717) is 0 Å². The van der Waals surface area contributed by atoms with Gasteiger partial charge in [0, 0.05) is 11.8 Å². The highest BCUT2D eigenvalue weighted by Gasteiger charge is 2.31. The lowest BCUT2D eigenvalue weighted by Crippen LogP contribution is -2.53. The Morgan fingerprint density at radius 3 is 2.48 bits per heavy atom. The second kappa shape index (κ2) is 5.54. The summed E-state index contributed by atoms with van der Waals surface area (Å²) in [6.07, 6.45) is 0. The molecule has 1 aliphatic heterocycles. The van der Waals surface area contributed by atoms with Gasteiger partial charge in [-0.15, -0.1) is 0 Å². The van der Waals surface area contributed by atoms with Crippen molar-refractivity contribution in [1.82, 2.24) is 10.2 Å². The summed E-state index contributed by atoms with van der Waals surface area (Å²) in [5.74, 6) is 3.13. The Balaban J connectivity index is 2.39. The van der Waals surface area contributed by atoms with Crippen LogP contribution in [-0.2, 0) is 9.59 Å². The molecular formula is C11H11N5O5. The SMILES string of the molecule is NNc1ccc([N+](=O)[O-])c(C(=O)N2CC(=O)NC(=O)C2)c1. The molecule has 1 aromatic rings. The first-order valence-electron chi connectivity index (χ1n) is 5.79. The van der Waals surface area contributed by atoms with Crippen molar-refractivity contribution in [1.29, 1.82) is 0 Å². The number of amides is 3. The monoisotopic (exact) mass is 293 g/mol. The van der Waals surface area contributed by atoms with Gasteiger partial charge in [-0.1, -0.05) is 0 Å². The molecule has 0 unspecified atom stereocenters. The largest absolute Gasteiger partial charge is 0.324 e. The summed E-state index contributed by atoms with van der Waals surface area (Å²) in [6, 6.07) is 3.65. The molecule has 4 N–H and O–H groups in total. The summed E-state index contributed by atoms with van der Waals surface area (Å²) < 4.78 is 0. The Morgan fingerprint density at radius 1 is 1.33 bits per heavy atom. The number of hydrogen-bond acceptors (Lipinski definition) is 7. The highest BCUT2D eigenvalue weighted by Crippen LogP contribution is 2.24. The molecule has 1 heterocycles. The minimum atomic E-state index is -0.790. The van der Waals surface area contributed by atoms with Gasteiger partial charge in [0.15, 0.2) is 0 Å². The van der Waals surface area contributed by atoms with E-state index in [9.17, 15) is 24.5 Å². The minimum absolute atomic E-state index is 0.252. The van der Waals surface area contributed by atoms with E-state index >= 15 is 0 Å². The predicted octanol–water partition coefficient (Wildman–Crippen LogP) is -1.02. The van der Waals surface area contributed by atoms with E-state index in [1.807, 2.05) is 5.32 Å². The number of nitrogens with zero attached hydrogens (tertiary/aromatic N) is 2. The van der Waals surface area contributed by atoms with E-state index in [1.165, 1.54) is 12.1 Å². The molecule has 1 aliphatic rings. The lowest BCUT2D eigenvalue weighted by Gasteiger charge is -2.25. The van der Waals surface area contributed by atoms with Gasteiger partial charge in [0.2, 0.25) is 11.8 Å². The number of carbonyl (C=O) groups is 3. The quantitative estimate of drug-likeness (QED) is 0.279. The summed E-state index contributed by atoms with van der Waals surface area (Å²) in [5, 5.41) is 13.0. The van der Waals surface area contributed by atoms with E-state index in [-0.39, 0.29) is 24.3 Å². The first-order valence-corrected chi connectivity index (χ1v) is 5.79. The third-order valence-corrected chi connectivity index (χ3v) is 2.83. The molecule has 0 atom stereocenters. The molecule has 3 amide bonds. The van der Waals surface area contributed by atoms with Crippen molar-refractivity contribution < 1.29 is 19.3 Å². The molecule has 0 bridgehead atoms. The van der Waals surface area contributed by atoms with Crippen LogP contribution in [0.5, 0.6) is 0 Å². The average Bonchev–Trinajstić information content (AvgIpc) is 2.44. The summed E-state index contributed by atoms with van der Waals surface area (Å²) in [6.45, 7) is -0.690. The van der Waals surface area contributed by atoms with E-state index in [2.05, 4.69) is 5.43 Å². The van der Waals surface area contributed by atoms with Gasteiger partial charge in [-0.3, -0.25) is 35.7 Å². The zero-order chi connectivity index (χ0) is 15.6. The Morgan fingerprint density at radius 2 is 1.95 bits per heavy atom. The molecule has 1 saturated heterocycles. The molecule has 0 aromatic heterocycles. The number of imide groups is 1. The minimum Gasteiger partial charge on any atom is -0.324 e. The van der Waals surface area contributed by atoms with E-state index in [0.717, 1.165) is 11.0 Å². The number of nitro benzene ring substituents is 1. The number of nitro groups is 1. The van der Waals surface area contributed by atoms with Gasteiger partial charge >= 0.3 is 0 Å². The van der Waals surface area contributed by atoms with Gasteiger partial charge in [0.05, 0.1) is 4.92 Å². The van der Waals surface area contributed by atoms with Gasteiger partial charge in [-0.2, -0.15) is 0 Å². The number of benzene rings is 1. The highest BCUT2D eigenvalue weighted by atomic mass is 16.6. The van der Waals surface area contributed by atoms with Crippen LogP contribution in [0.3, 0.4) is 0 Å². The van der Waals surface area contributed by atoms with Crippen molar-refractivity contribution in [2.75, 3.05) is 18.5 Å². The molecule has 2 rings (SSSR count). The number of nitrogens with two attached hydrogens (primary N) is 1. The summed E-state index contributed by atoms with van der Waals surface area (Å²) in [7, 11) is 0. The van der Waals surface area contributed by atoms with E-state index in [1.54, 1.807) is 0 Å².